The smallest absolute Gasteiger partial charge is 0.259 e. The van der Waals surface area contributed by atoms with Crippen LogP contribution in [0.15, 0.2) is 16.7 Å². The first-order valence-corrected chi connectivity index (χ1v) is 5.74. The Kier molecular flexibility index (Phi) is 5.03. The second kappa shape index (κ2) is 6.30. The summed E-state index contributed by atoms with van der Waals surface area (Å²) in [5.74, 6) is -0.884. The summed E-state index contributed by atoms with van der Waals surface area (Å²) in [6.07, 6.45) is 3.05. The fourth-order valence-electron chi connectivity index (χ4n) is 1.41. The van der Waals surface area contributed by atoms with Crippen LogP contribution in [0.5, 0.6) is 0 Å². The van der Waals surface area contributed by atoms with Gasteiger partial charge in [-0.2, -0.15) is 0 Å². The molecule has 5 nitrogen and oxygen atoms in total. The molecule has 0 bridgehead atoms. The number of amides is 2. The maximum Gasteiger partial charge on any atom is 0.259 e. The van der Waals surface area contributed by atoms with E-state index < -0.39 is 5.91 Å². The molecule has 0 aliphatic heterocycles. The minimum Gasteiger partial charge on any atom is -0.452 e. The molecule has 2 amide bonds. The van der Waals surface area contributed by atoms with Crippen molar-refractivity contribution in [3.8, 4) is 0 Å². The van der Waals surface area contributed by atoms with E-state index in [2.05, 4.69) is 0 Å². The van der Waals surface area contributed by atoms with E-state index in [1.54, 1.807) is 0 Å². The predicted octanol–water partition coefficient (Wildman–Crippen LogP) is 1.66. The summed E-state index contributed by atoms with van der Waals surface area (Å²) in [7, 11) is 0. The Labute approximate surface area is 105 Å². The quantitative estimate of drug-likeness (QED) is 0.843. The van der Waals surface area contributed by atoms with Crippen LogP contribution in [0.25, 0.3) is 0 Å². The molecule has 17 heavy (non-hydrogen) atoms. The number of primary amides is 1. The molecule has 0 unspecified atom stereocenters. The minimum atomic E-state index is -0.547. The third-order valence-corrected chi connectivity index (χ3v) is 2.56. The summed E-state index contributed by atoms with van der Waals surface area (Å²) in [6, 6.07) is 1.48. The zero-order valence-corrected chi connectivity index (χ0v) is 10.4. The minimum absolute atomic E-state index is 0.0287. The molecule has 0 fully saturated rings. The monoisotopic (exact) mass is 258 g/mol. The predicted molar refractivity (Wildman–Crippen MR) is 63.7 cm³/mol. The number of furan rings is 1. The highest BCUT2D eigenvalue weighted by molar-refractivity contribution is 6.32. The van der Waals surface area contributed by atoms with Gasteiger partial charge in [-0.05, 0) is 24.1 Å². The van der Waals surface area contributed by atoms with Gasteiger partial charge in [-0.3, -0.25) is 9.59 Å². The first-order chi connectivity index (χ1) is 8.06. The van der Waals surface area contributed by atoms with Gasteiger partial charge in [-0.25, -0.2) is 0 Å². The summed E-state index contributed by atoms with van der Waals surface area (Å²) >= 11 is 5.72. The number of rotatable bonds is 6. The molecule has 94 valence electrons. The van der Waals surface area contributed by atoms with Crippen molar-refractivity contribution < 1.29 is 14.0 Å². The van der Waals surface area contributed by atoms with Crippen molar-refractivity contribution >= 4 is 23.4 Å². The summed E-state index contributed by atoms with van der Waals surface area (Å²) in [6.45, 7) is 2.36. The number of halogens is 1. The van der Waals surface area contributed by atoms with Crippen LogP contribution < -0.4 is 5.73 Å². The van der Waals surface area contributed by atoms with Crippen molar-refractivity contribution in [1.29, 1.82) is 0 Å². The molecule has 1 heterocycles. The maximum absolute atomic E-state index is 12.0. The SMILES string of the molecule is CCCCN(CC(N)=O)C(=O)c1ccoc1Cl. The average Bonchev–Trinajstić information content (AvgIpc) is 2.69. The van der Waals surface area contributed by atoms with Crippen molar-refractivity contribution in [3.63, 3.8) is 0 Å². The van der Waals surface area contributed by atoms with E-state index in [1.165, 1.54) is 17.2 Å². The number of carbonyl (C=O) groups excluding carboxylic acids is 2. The van der Waals surface area contributed by atoms with Crippen LogP contribution in [0.1, 0.15) is 30.1 Å². The highest BCUT2D eigenvalue weighted by atomic mass is 35.5. The lowest BCUT2D eigenvalue weighted by Crippen LogP contribution is -2.39. The van der Waals surface area contributed by atoms with Gasteiger partial charge in [-0.1, -0.05) is 13.3 Å². The zero-order valence-electron chi connectivity index (χ0n) is 9.61. The molecule has 1 rings (SSSR count). The largest absolute Gasteiger partial charge is 0.452 e. The molecule has 0 radical (unpaired) electrons. The Morgan fingerprint density at radius 2 is 2.24 bits per heavy atom. The maximum atomic E-state index is 12.0. The van der Waals surface area contributed by atoms with Gasteiger partial charge in [0.2, 0.25) is 11.1 Å². The van der Waals surface area contributed by atoms with Crippen molar-refractivity contribution in [3.05, 3.63) is 23.1 Å². The fraction of sp³-hybridized carbons (Fsp3) is 0.455. The van der Waals surface area contributed by atoms with Crippen molar-refractivity contribution in [2.45, 2.75) is 19.8 Å². The molecule has 0 atom stereocenters. The van der Waals surface area contributed by atoms with Gasteiger partial charge in [0.1, 0.15) is 0 Å². The van der Waals surface area contributed by atoms with Crippen LogP contribution in [0.2, 0.25) is 5.22 Å². The molecule has 1 aromatic heterocycles. The molecule has 1 aromatic rings. The molecular formula is C11H15ClN2O3. The van der Waals surface area contributed by atoms with Crippen LogP contribution in [0, 0.1) is 0 Å². The molecule has 0 spiro atoms. The van der Waals surface area contributed by atoms with E-state index in [0.29, 0.717) is 6.54 Å². The average molecular weight is 259 g/mol. The lowest BCUT2D eigenvalue weighted by Gasteiger charge is -2.20. The Balaban J connectivity index is 2.78. The zero-order chi connectivity index (χ0) is 12.8. The van der Waals surface area contributed by atoms with E-state index >= 15 is 0 Å². The summed E-state index contributed by atoms with van der Waals surface area (Å²) in [5.41, 5.74) is 5.36. The van der Waals surface area contributed by atoms with Gasteiger partial charge in [0.15, 0.2) is 0 Å². The Hall–Kier alpha value is -1.49. The number of nitrogens with two attached hydrogens (primary N) is 1. The van der Waals surface area contributed by atoms with Crippen molar-refractivity contribution in [1.82, 2.24) is 4.90 Å². The highest BCUT2D eigenvalue weighted by Gasteiger charge is 2.21. The Morgan fingerprint density at radius 3 is 2.71 bits per heavy atom. The number of unbranched alkanes of at least 4 members (excludes halogenated alkanes) is 1. The van der Waals surface area contributed by atoms with Crippen LogP contribution in [-0.2, 0) is 4.79 Å². The van der Waals surface area contributed by atoms with Crippen LogP contribution >= 0.6 is 11.6 Å². The molecule has 2 N–H and O–H groups in total. The topological polar surface area (TPSA) is 76.5 Å². The van der Waals surface area contributed by atoms with E-state index in [4.69, 9.17) is 21.8 Å². The van der Waals surface area contributed by atoms with Crippen LogP contribution in [0.4, 0.5) is 0 Å². The summed E-state index contributed by atoms with van der Waals surface area (Å²) in [4.78, 5) is 24.3. The summed E-state index contributed by atoms with van der Waals surface area (Å²) in [5, 5.41) is 0.0287. The second-order valence-electron chi connectivity index (χ2n) is 3.65. The van der Waals surface area contributed by atoms with Gasteiger partial charge in [0.05, 0.1) is 18.4 Å². The number of carbonyl (C=O) groups is 2. The van der Waals surface area contributed by atoms with Gasteiger partial charge in [-0.15, -0.1) is 0 Å². The highest BCUT2D eigenvalue weighted by Crippen LogP contribution is 2.18. The molecule has 0 saturated heterocycles. The number of hydrogen-bond acceptors (Lipinski definition) is 3. The van der Waals surface area contributed by atoms with Gasteiger partial charge < -0.3 is 15.1 Å². The van der Waals surface area contributed by atoms with Crippen molar-refractivity contribution in [2.24, 2.45) is 5.73 Å². The van der Waals surface area contributed by atoms with Gasteiger partial charge in [0, 0.05) is 6.54 Å². The van der Waals surface area contributed by atoms with Crippen molar-refractivity contribution in [2.75, 3.05) is 13.1 Å². The fourth-order valence-corrected chi connectivity index (χ4v) is 1.60. The molecule has 6 heteroatoms. The first kappa shape index (κ1) is 13.6. The molecule has 0 aromatic carbocycles. The second-order valence-corrected chi connectivity index (χ2v) is 4.00. The molecule has 0 aliphatic rings. The Bertz CT molecular complexity index is 403. The van der Waals surface area contributed by atoms with E-state index in [0.717, 1.165) is 12.8 Å². The van der Waals surface area contributed by atoms with Gasteiger partial charge in [0.25, 0.3) is 5.91 Å². The van der Waals surface area contributed by atoms with Gasteiger partial charge >= 0.3 is 0 Å². The van der Waals surface area contributed by atoms with Crippen LogP contribution in [0.3, 0.4) is 0 Å². The van der Waals surface area contributed by atoms with Crippen LogP contribution in [-0.4, -0.2) is 29.8 Å². The molecular weight excluding hydrogens is 244 g/mol. The van der Waals surface area contributed by atoms with E-state index in [-0.39, 0.29) is 23.2 Å². The lowest BCUT2D eigenvalue weighted by atomic mass is 10.2. The normalized spacial score (nSPS) is 10.2. The summed E-state index contributed by atoms with van der Waals surface area (Å²) < 4.78 is 4.85. The molecule has 0 aliphatic carbocycles. The number of nitrogens with zero attached hydrogens (tertiary/aromatic N) is 1. The standard InChI is InChI=1S/C11H15ClN2O3/c1-2-3-5-14(7-9(13)15)11(16)8-4-6-17-10(8)12/h4,6H,2-3,5,7H2,1H3,(H2,13,15). The number of hydrogen-bond donors (Lipinski definition) is 1. The third kappa shape index (κ3) is 3.78. The third-order valence-electron chi connectivity index (χ3n) is 2.26. The van der Waals surface area contributed by atoms with E-state index in [1.807, 2.05) is 6.92 Å². The first-order valence-electron chi connectivity index (χ1n) is 5.36. The Morgan fingerprint density at radius 1 is 1.53 bits per heavy atom. The lowest BCUT2D eigenvalue weighted by molar-refractivity contribution is -0.118. The molecule has 0 saturated carbocycles. The van der Waals surface area contributed by atoms with E-state index in [9.17, 15) is 9.59 Å².